The number of aliphatic hydroxyl groups excluding tert-OH is 1. The van der Waals surface area contributed by atoms with Crippen molar-refractivity contribution >= 4 is 27.0 Å². The fraction of sp³-hybridized carbons (Fsp3) is 0.650. The van der Waals surface area contributed by atoms with Gasteiger partial charge in [-0.15, -0.1) is 0 Å². The summed E-state index contributed by atoms with van der Waals surface area (Å²) in [7, 11) is -3.26. The standard InChI is InChI=1S/C20H27F2N5O4S/c1-11-15(3-4-16(11)28)27-18-12(9-14(17(21)22)19(27)29)10-23-20(25-18)24-13-5-7-26(8-6-13)32(2,30)31/h9-11,13,15-17,28H,3-8H2,1-2H3,(H,23,24,25)/t11-,15+,16+/m0/s1/i17D. The molecule has 1 saturated carbocycles. The third-order valence-corrected chi connectivity index (χ3v) is 7.84. The van der Waals surface area contributed by atoms with Crippen LogP contribution in [0.1, 0.15) is 52.0 Å². The van der Waals surface area contributed by atoms with Crippen LogP contribution in [0.4, 0.5) is 14.7 Å². The van der Waals surface area contributed by atoms with E-state index < -0.39 is 39.7 Å². The van der Waals surface area contributed by atoms with Crippen LogP contribution in [-0.4, -0.2) is 63.9 Å². The predicted octanol–water partition coefficient (Wildman–Crippen LogP) is 1.90. The van der Waals surface area contributed by atoms with Crippen LogP contribution in [0.3, 0.4) is 0 Å². The van der Waals surface area contributed by atoms with Crippen molar-refractivity contribution in [3.8, 4) is 0 Å². The number of nitrogens with one attached hydrogen (secondary N) is 1. The molecular weight excluding hydrogens is 444 g/mol. The first-order valence-corrected chi connectivity index (χ1v) is 12.4. The molecule has 0 radical (unpaired) electrons. The maximum Gasteiger partial charge on any atom is 0.269 e. The summed E-state index contributed by atoms with van der Waals surface area (Å²) < 4.78 is 60.9. The van der Waals surface area contributed by atoms with Gasteiger partial charge in [0.15, 0.2) is 0 Å². The number of alkyl halides is 2. The fourth-order valence-electron chi connectivity index (χ4n) is 4.64. The van der Waals surface area contributed by atoms with Gasteiger partial charge in [0.25, 0.3) is 12.0 Å². The van der Waals surface area contributed by atoms with Crippen molar-refractivity contribution in [1.29, 1.82) is 0 Å². The highest BCUT2D eigenvalue weighted by Crippen LogP contribution is 2.37. The second-order valence-electron chi connectivity index (χ2n) is 8.62. The fourth-order valence-corrected chi connectivity index (χ4v) is 5.51. The van der Waals surface area contributed by atoms with Crippen molar-refractivity contribution in [2.75, 3.05) is 24.7 Å². The quantitative estimate of drug-likeness (QED) is 0.682. The molecule has 0 spiro atoms. The molecule has 12 heteroatoms. The molecule has 176 valence electrons. The number of piperidine rings is 1. The Balaban J connectivity index is 1.71. The van der Waals surface area contributed by atoms with Crippen molar-refractivity contribution in [1.82, 2.24) is 18.8 Å². The minimum absolute atomic E-state index is 0.0929. The van der Waals surface area contributed by atoms with E-state index in [-0.39, 0.29) is 28.9 Å². The number of anilines is 1. The van der Waals surface area contributed by atoms with Crippen LogP contribution < -0.4 is 10.9 Å². The van der Waals surface area contributed by atoms with E-state index in [1.165, 1.54) is 21.3 Å². The Hall–Kier alpha value is -2.18. The maximum atomic E-state index is 13.9. The summed E-state index contributed by atoms with van der Waals surface area (Å²) in [5, 5.41) is 13.5. The van der Waals surface area contributed by atoms with Crippen LogP contribution in [0.25, 0.3) is 11.0 Å². The van der Waals surface area contributed by atoms with Crippen molar-refractivity contribution in [3.63, 3.8) is 0 Å². The van der Waals surface area contributed by atoms with Gasteiger partial charge in [-0.2, -0.15) is 4.98 Å². The molecule has 4 rings (SSSR count). The average Bonchev–Trinajstić information content (AvgIpc) is 3.05. The number of hydrogen-bond donors (Lipinski definition) is 2. The molecule has 0 bridgehead atoms. The number of aliphatic hydroxyl groups is 1. The van der Waals surface area contributed by atoms with Crippen molar-refractivity contribution in [2.45, 2.75) is 57.2 Å². The number of hydrogen-bond acceptors (Lipinski definition) is 7. The zero-order chi connectivity index (χ0) is 24.1. The Kier molecular flexibility index (Phi) is 5.84. The molecule has 2 fully saturated rings. The molecular formula is C20H27F2N5O4S. The smallest absolute Gasteiger partial charge is 0.269 e. The number of sulfonamides is 1. The lowest BCUT2D eigenvalue weighted by Crippen LogP contribution is -2.42. The first kappa shape index (κ1) is 21.7. The van der Waals surface area contributed by atoms with Crippen LogP contribution >= 0.6 is 0 Å². The first-order valence-electron chi connectivity index (χ1n) is 11.1. The van der Waals surface area contributed by atoms with Crippen LogP contribution in [-0.2, 0) is 10.0 Å². The number of aromatic nitrogens is 3. The molecule has 32 heavy (non-hydrogen) atoms. The minimum Gasteiger partial charge on any atom is -0.393 e. The molecule has 1 aliphatic heterocycles. The molecule has 0 aromatic carbocycles. The summed E-state index contributed by atoms with van der Waals surface area (Å²) in [6.07, 6.45) is -0.333. The van der Waals surface area contributed by atoms with Crippen LogP contribution in [0.5, 0.6) is 0 Å². The lowest BCUT2D eigenvalue weighted by atomic mass is 10.0. The summed E-state index contributed by atoms with van der Waals surface area (Å²) in [5.41, 5.74) is -1.80. The van der Waals surface area contributed by atoms with Gasteiger partial charge in [0.2, 0.25) is 16.0 Å². The summed E-state index contributed by atoms with van der Waals surface area (Å²) in [6, 6.07) is 0.314. The Morgan fingerprint density at radius 1 is 1.28 bits per heavy atom. The van der Waals surface area contributed by atoms with Gasteiger partial charge in [0, 0.05) is 42.7 Å². The molecule has 1 saturated heterocycles. The van der Waals surface area contributed by atoms with Gasteiger partial charge in [0.1, 0.15) is 7.02 Å². The van der Waals surface area contributed by atoms with Crippen molar-refractivity contribution in [3.05, 3.63) is 28.2 Å². The van der Waals surface area contributed by atoms with E-state index in [4.69, 9.17) is 1.37 Å². The Labute approximate surface area is 185 Å². The highest BCUT2D eigenvalue weighted by Gasteiger charge is 2.35. The van der Waals surface area contributed by atoms with Gasteiger partial charge >= 0.3 is 0 Å². The minimum atomic E-state index is -4.09. The van der Waals surface area contributed by atoms with E-state index in [0.717, 1.165) is 6.07 Å². The summed E-state index contributed by atoms with van der Waals surface area (Å²) >= 11 is 0. The van der Waals surface area contributed by atoms with E-state index in [2.05, 4.69) is 15.3 Å². The highest BCUT2D eigenvalue weighted by atomic mass is 32.2. The van der Waals surface area contributed by atoms with E-state index in [0.29, 0.717) is 38.8 Å². The van der Waals surface area contributed by atoms with Gasteiger partial charge in [-0.3, -0.25) is 9.36 Å². The van der Waals surface area contributed by atoms with Gasteiger partial charge in [0.05, 0.1) is 17.9 Å². The third kappa shape index (κ3) is 4.35. The zero-order valence-electron chi connectivity index (χ0n) is 18.8. The van der Waals surface area contributed by atoms with Gasteiger partial charge in [-0.1, -0.05) is 6.92 Å². The molecule has 0 amide bonds. The Morgan fingerprint density at radius 2 is 1.97 bits per heavy atom. The molecule has 2 N–H and O–H groups in total. The van der Waals surface area contributed by atoms with Gasteiger partial charge in [-0.25, -0.2) is 26.5 Å². The predicted molar refractivity (Wildman–Crippen MR) is 115 cm³/mol. The normalized spacial score (nSPS) is 26.4. The van der Waals surface area contributed by atoms with Gasteiger partial charge in [-0.05, 0) is 31.7 Å². The number of rotatable bonds is 5. The number of pyridine rings is 1. The lowest BCUT2D eigenvalue weighted by Gasteiger charge is -2.30. The van der Waals surface area contributed by atoms with Crippen LogP contribution in [0.2, 0.25) is 0 Å². The molecule has 0 unspecified atom stereocenters. The summed E-state index contributed by atoms with van der Waals surface area (Å²) in [4.78, 5) is 21.7. The molecule has 9 nitrogen and oxygen atoms in total. The molecule has 3 heterocycles. The first-order chi connectivity index (χ1) is 15.4. The maximum absolute atomic E-state index is 13.9. The average molecular weight is 473 g/mol. The van der Waals surface area contributed by atoms with E-state index >= 15 is 0 Å². The lowest BCUT2D eigenvalue weighted by molar-refractivity contribution is 0.127. The van der Waals surface area contributed by atoms with Gasteiger partial charge < -0.3 is 10.4 Å². The Bertz CT molecular complexity index is 1210. The number of halogens is 2. The number of nitrogens with zero attached hydrogens (tertiary/aromatic N) is 4. The second-order valence-corrected chi connectivity index (χ2v) is 10.6. The highest BCUT2D eigenvalue weighted by molar-refractivity contribution is 7.88. The molecule has 1 aliphatic carbocycles. The van der Waals surface area contributed by atoms with Crippen LogP contribution in [0.15, 0.2) is 17.1 Å². The van der Waals surface area contributed by atoms with E-state index in [1.54, 1.807) is 6.92 Å². The zero-order valence-corrected chi connectivity index (χ0v) is 18.6. The Morgan fingerprint density at radius 3 is 2.53 bits per heavy atom. The SMILES string of the molecule is [2H]C(F)(F)c1cc2cnc(NC3CCN(S(C)(=O)=O)CC3)nc2n([C@@H]2CC[C@@H](O)[C@H]2C)c1=O. The largest absolute Gasteiger partial charge is 0.393 e. The van der Waals surface area contributed by atoms with Crippen molar-refractivity contribution in [2.24, 2.45) is 5.92 Å². The number of fused-ring (bicyclic) bond motifs is 1. The van der Waals surface area contributed by atoms with E-state index in [9.17, 15) is 27.1 Å². The third-order valence-electron chi connectivity index (χ3n) is 6.54. The summed E-state index contributed by atoms with van der Waals surface area (Å²) in [5.74, 6) is -0.155. The topological polar surface area (TPSA) is 117 Å². The second kappa shape index (κ2) is 8.64. The molecule has 2 aliphatic rings. The van der Waals surface area contributed by atoms with E-state index in [1.807, 2.05) is 0 Å². The van der Waals surface area contributed by atoms with Crippen molar-refractivity contribution < 1.29 is 23.7 Å². The monoisotopic (exact) mass is 472 g/mol. The van der Waals surface area contributed by atoms with Crippen LogP contribution in [0, 0.1) is 5.92 Å². The molecule has 2 aromatic heterocycles. The molecule has 2 aromatic rings. The summed E-state index contributed by atoms with van der Waals surface area (Å²) in [6.45, 7) is 2.46. The molecule has 3 atom stereocenters.